The Balaban J connectivity index is 1.58. The molecule has 3 rings (SSSR count). The predicted octanol–water partition coefficient (Wildman–Crippen LogP) is 4.01. The van der Waals surface area contributed by atoms with Crippen LogP contribution < -0.4 is 0 Å². The maximum Gasteiger partial charge on any atom is 0.316 e. The van der Waals surface area contributed by atoms with Gasteiger partial charge in [-0.05, 0) is 26.0 Å². The highest BCUT2D eigenvalue weighted by Gasteiger charge is 2.16. The van der Waals surface area contributed by atoms with Gasteiger partial charge in [-0.1, -0.05) is 48.5 Å². The van der Waals surface area contributed by atoms with Gasteiger partial charge >= 0.3 is 5.97 Å². The van der Waals surface area contributed by atoms with Crippen molar-refractivity contribution in [1.29, 1.82) is 0 Å². The standard InChI is InChI=1S/C21H20N2O3S/c1-15-21(16(2)23(22-15)18-11-7-4-8-12-18)27-14-20(25)26-13-19(24)17-9-5-3-6-10-17/h3-12H,13-14H2,1-2H3. The Kier molecular flexibility index (Phi) is 6.08. The topological polar surface area (TPSA) is 61.2 Å². The van der Waals surface area contributed by atoms with Gasteiger partial charge in [-0.3, -0.25) is 9.59 Å². The number of para-hydroxylation sites is 1. The number of ketones is 1. The SMILES string of the molecule is Cc1nn(-c2ccccc2)c(C)c1SCC(=O)OCC(=O)c1ccccc1. The highest BCUT2D eigenvalue weighted by Crippen LogP contribution is 2.27. The number of hydrogen-bond acceptors (Lipinski definition) is 5. The largest absolute Gasteiger partial charge is 0.457 e. The zero-order valence-corrected chi connectivity index (χ0v) is 16.0. The fraction of sp³-hybridized carbons (Fsp3) is 0.190. The van der Waals surface area contributed by atoms with Gasteiger partial charge in [0.05, 0.1) is 27.7 Å². The molecule has 0 spiro atoms. The van der Waals surface area contributed by atoms with Gasteiger partial charge in [0.15, 0.2) is 12.4 Å². The van der Waals surface area contributed by atoms with Crippen LogP contribution in [0.2, 0.25) is 0 Å². The summed E-state index contributed by atoms with van der Waals surface area (Å²) < 4.78 is 6.98. The molecule has 5 nitrogen and oxygen atoms in total. The number of carbonyl (C=O) groups excluding carboxylic acids is 2. The fourth-order valence-electron chi connectivity index (χ4n) is 2.68. The van der Waals surface area contributed by atoms with Crippen LogP contribution in [0.15, 0.2) is 65.6 Å². The minimum absolute atomic E-state index is 0.129. The molecule has 2 aromatic carbocycles. The number of ether oxygens (including phenoxy) is 1. The van der Waals surface area contributed by atoms with Crippen LogP contribution in [0.25, 0.3) is 5.69 Å². The van der Waals surface area contributed by atoms with E-state index in [-0.39, 0.29) is 18.1 Å². The van der Waals surface area contributed by atoms with E-state index in [0.717, 1.165) is 22.0 Å². The Morgan fingerprint density at radius 3 is 2.30 bits per heavy atom. The summed E-state index contributed by atoms with van der Waals surface area (Å²) in [4.78, 5) is 25.0. The number of esters is 1. The van der Waals surface area contributed by atoms with Crippen molar-refractivity contribution in [2.24, 2.45) is 0 Å². The van der Waals surface area contributed by atoms with E-state index in [1.54, 1.807) is 24.3 Å². The monoisotopic (exact) mass is 380 g/mol. The Hall–Kier alpha value is -2.86. The number of thioether (sulfide) groups is 1. The summed E-state index contributed by atoms with van der Waals surface area (Å²) in [5, 5.41) is 4.56. The third-order valence-corrected chi connectivity index (χ3v) is 5.28. The lowest BCUT2D eigenvalue weighted by molar-refractivity contribution is -0.139. The van der Waals surface area contributed by atoms with E-state index in [2.05, 4.69) is 5.10 Å². The van der Waals surface area contributed by atoms with Crippen LogP contribution in [0.5, 0.6) is 0 Å². The smallest absolute Gasteiger partial charge is 0.316 e. The average Bonchev–Trinajstić information content (AvgIpc) is 2.99. The van der Waals surface area contributed by atoms with E-state index in [9.17, 15) is 9.59 Å². The number of Topliss-reactive ketones (excluding diaryl/α,β-unsaturated/α-hetero) is 1. The van der Waals surface area contributed by atoms with Gasteiger partial charge in [-0.25, -0.2) is 4.68 Å². The Morgan fingerprint density at radius 1 is 1.00 bits per heavy atom. The van der Waals surface area contributed by atoms with Crippen LogP contribution >= 0.6 is 11.8 Å². The first-order valence-corrected chi connectivity index (χ1v) is 9.53. The molecule has 0 atom stereocenters. The summed E-state index contributed by atoms with van der Waals surface area (Å²) in [6, 6.07) is 18.6. The van der Waals surface area contributed by atoms with Gasteiger partial charge in [0.1, 0.15) is 0 Å². The van der Waals surface area contributed by atoms with E-state index in [1.807, 2.05) is 54.9 Å². The number of hydrogen-bond donors (Lipinski definition) is 0. The molecular formula is C21H20N2O3S. The molecule has 0 unspecified atom stereocenters. The number of aryl methyl sites for hydroxylation is 1. The van der Waals surface area contributed by atoms with Crippen molar-refractivity contribution in [3.8, 4) is 5.69 Å². The summed E-state index contributed by atoms with van der Waals surface area (Å²) in [6.07, 6.45) is 0. The van der Waals surface area contributed by atoms with Gasteiger partial charge in [0.25, 0.3) is 0 Å². The molecule has 0 radical (unpaired) electrons. The molecule has 0 aliphatic heterocycles. The molecule has 1 heterocycles. The number of carbonyl (C=O) groups is 2. The van der Waals surface area contributed by atoms with Crippen LogP contribution in [-0.4, -0.2) is 33.9 Å². The second-order valence-electron chi connectivity index (χ2n) is 5.99. The lowest BCUT2D eigenvalue weighted by atomic mass is 10.1. The third-order valence-electron chi connectivity index (χ3n) is 4.02. The van der Waals surface area contributed by atoms with E-state index >= 15 is 0 Å². The molecule has 1 aromatic heterocycles. The van der Waals surface area contributed by atoms with Crippen molar-refractivity contribution in [3.05, 3.63) is 77.6 Å². The molecule has 0 N–H and O–H groups in total. The van der Waals surface area contributed by atoms with Crippen molar-refractivity contribution in [3.63, 3.8) is 0 Å². The lowest BCUT2D eigenvalue weighted by Gasteiger charge is -2.06. The zero-order chi connectivity index (χ0) is 19.2. The van der Waals surface area contributed by atoms with Gasteiger partial charge in [-0.2, -0.15) is 5.10 Å². The first-order valence-electron chi connectivity index (χ1n) is 8.54. The molecule has 0 aliphatic rings. The molecule has 27 heavy (non-hydrogen) atoms. The number of benzene rings is 2. The first-order chi connectivity index (χ1) is 13.1. The maximum atomic E-state index is 12.0. The minimum Gasteiger partial charge on any atom is -0.457 e. The van der Waals surface area contributed by atoms with E-state index in [1.165, 1.54) is 11.8 Å². The Labute approximate surface area is 162 Å². The normalized spacial score (nSPS) is 10.6. The van der Waals surface area contributed by atoms with Crippen molar-refractivity contribution in [2.45, 2.75) is 18.7 Å². The molecule has 0 saturated heterocycles. The number of nitrogens with zero attached hydrogens (tertiary/aromatic N) is 2. The quantitative estimate of drug-likeness (QED) is 0.352. The molecule has 0 fully saturated rings. The average molecular weight is 380 g/mol. The molecule has 0 saturated carbocycles. The van der Waals surface area contributed by atoms with Gasteiger partial charge < -0.3 is 4.74 Å². The van der Waals surface area contributed by atoms with E-state index in [4.69, 9.17) is 4.74 Å². The van der Waals surface area contributed by atoms with Crippen molar-refractivity contribution in [1.82, 2.24) is 9.78 Å². The summed E-state index contributed by atoms with van der Waals surface area (Å²) in [5.74, 6) is -0.502. The van der Waals surface area contributed by atoms with Crippen LogP contribution in [0.1, 0.15) is 21.7 Å². The maximum absolute atomic E-state index is 12.0. The first kappa shape index (κ1) is 18.9. The second kappa shape index (κ2) is 8.68. The predicted molar refractivity (Wildman–Crippen MR) is 105 cm³/mol. The highest BCUT2D eigenvalue weighted by atomic mass is 32.2. The summed E-state index contributed by atoms with van der Waals surface area (Å²) in [6.45, 7) is 3.64. The van der Waals surface area contributed by atoms with E-state index < -0.39 is 5.97 Å². The minimum atomic E-state index is -0.421. The van der Waals surface area contributed by atoms with Crippen LogP contribution in [0.4, 0.5) is 0 Å². The molecule has 3 aromatic rings. The number of rotatable bonds is 7. The van der Waals surface area contributed by atoms with Gasteiger partial charge in [0, 0.05) is 5.56 Å². The van der Waals surface area contributed by atoms with Crippen molar-refractivity contribution >= 4 is 23.5 Å². The van der Waals surface area contributed by atoms with Crippen molar-refractivity contribution < 1.29 is 14.3 Å². The molecular weight excluding hydrogens is 360 g/mol. The van der Waals surface area contributed by atoms with Crippen LogP contribution in [0.3, 0.4) is 0 Å². The molecule has 6 heteroatoms. The summed E-state index contributed by atoms with van der Waals surface area (Å²) in [5.41, 5.74) is 3.33. The molecule has 0 aliphatic carbocycles. The lowest BCUT2D eigenvalue weighted by Crippen LogP contribution is -2.15. The fourth-order valence-corrected chi connectivity index (χ4v) is 3.57. The zero-order valence-electron chi connectivity index (χ0n) is 15.2. The van der Waals surface area contributed by atoms with Gasteiger partial charge in [-0.15, -0.1) is 11.8 Å². The third kappa shape index (κ3) is 4.65. The van der Waals surface area contributed by atoms with Gasteiger partial charge in [0.2, 0.25) is 0 Å². The molecule has 0 amide bonds. The molecule has 138 valence electrons. The summed E-state index contributed by atoms with van der Waals surface area (Å²) in [7, 11) is 0. The summed E-state index contributed by atoms with van der Waals surface area (Å²) >= 11 is 1.38. The molecule has 0 bridgehead atoms. The highest BCUT2D eigenvalue weighted by molar-refractivity contribution is 8.00. The Bertz CT molecular complexity index is 937. The van der Waals surface area contributed by atoms with Crippen LogP contribution in [-0.2, 0) is 9.53 Å². The Morgan fingerprint density at radius 2 is 1.63 bits per heavy atom. The second-order valence-corrected chi connectivity index (χ2v) is 6.97. The number of aromatic nitrogens is 2. The van der Waals surface area contributed by atoms with Crippen molar-refractivity contribution in [2.75, 3.05) is 12.4 Å². The van der Waals surface area contributed by atoms with Crippen LogP contribution in [0, 0.1) is 13.8 Å². The van der Waals surface area contributed by atoms with E-state index in [0.29, 0.717) is 5.56 Å².